The third kappa shape index (κ3) is 4.65. The fourth-order valence-corrected chi connectivity index (χ4v) is 4.34. The first-order valence-electron chi connectivity index (χ1n) is 6.43. The third-order valence-electron chi connectivity index (χ3n) is 2.97. The molecule has 1 amide bonds. The van der Waals surface area contributed by atoms with Gasteiger partial charge >= 0.3 is 0 Å². The lowest BCUT2D eigenvalue weighted by Crippen LogP contribution is -2.39. The van der Waals surface area contributed by atoms with Crippen LogP contribution in [0.25, 0.3) is 0 Å². The zero-order valence-corrected chi connectivity index (χ0v) is 13.8. The first-order chi connectivity index (χ1) is 9.88. The van der Waals surface area contributed by atoms with Crippen molar-refractivity contribution in [3.8, 4) is 0 Å². The van der Waals surface area contributed by atoms with Gasteiger partial charge in [-0.2, -0.15) is 0 Å². The van der Waals surface area contributed by atoms with Crippen molar-refractivity contribution < 1.29 is 22.7 Å². The van der Waals surface area contributed by atoms with Crippen LogP contribution >= 0.6 is 22.9 Å². The molecule has 1 saturated heterocycles. The van der Waals surface area contributed by atoms with Crippen molar-refractivity contribution in [2.45, 2.75) is 36.2 Å². The van der Waals surface area contributed by atoms with E-state index in [0.29, 0.717) is 10.9 Å². The first kappa shape index (κ1) is 16.7. The number of sulfonamides is 1. The molecule has 0 unspecified atom stereocenters. The lowest BCUT2D eigenvalue weighted by molar-refractivity contribution is -0.131. The van der Waals surface area contributed by atoms with Gasteiger partial charge in [-0.25, -0.2) is 13.1 Å². The van der Waals surface area contributed by atoms with Crippen molar-refractivity contribution in [3.05, 3.63) is 16.5 Å². The topological polar surface area (TPSA) is 81.7 Å². The second-order valence-electron chi connectivity index (χ2n) is 4.64. The summed E-state index contributed by atoms with van der Waals surface area (Å²) in [4.78, 5) is 11.9. The molecule has 2 atom stereocenters. The lowest BCUT2D eigenvalue weighted by Gasteiger charge is -2.15. The van der Waals surface area contributed by atoms with Gasteiger partial charge in [0.25, 0.3) is 15.9 Å². The van der Waals surface area contributed by atoms with Gasteiger partial charge in [-0.15, -0.1) is 11.3 Å². The van der Waals surface area contributed by atoms with E-state index in [9.17, 15) is 13.2 Å². The van der Waals surface area contributed by atoms with Crippen molar-refractivity contribution in [2.24, 2.45) is 0 Å². The second kappa shape index (κ2) is 7.06. The molecular weight excluding hydrogens is 338 g/mol. The van der Waals surface area contributed by atoms with Crippen LogP contribution in [-0.2, 0) is 24.3 Å². The molecule has 1 aliphatic heterocycles. The highest BCUT2D eigenvalue weighted by molar-refractivity contribution is 7.92. The maximum atomic E-state index is 12.0. The van der Waals surface area contributed by atoms with E-state index in [1.807, 2.05) is 4.72 Å². The summed E-state index contributed by atoms with van der Waals surface area (Å²) in [6.45, 7) is 2.47. The summed E-state index contributed by atoms with van der Waals surface area (Å²) >= 11 is 6.57. The largest absolute Gasteiger partial charge is 0.376 e. The Morgan fingerprint density at radius 1 is 1.62 bits per heavy atom. The van der Waals surface area contributed by atoms with E-state index in [1.165, 1.54) is 19.1 Å². The van der Waals surface area contributed by atoms with E-state index in [1.54, 1.807) is 0 Å². The minimum Gasteiger partial charge on any atom is -0.376 e. The Hall–Kier alpha value is -0.670. The zero-order valence-electron chi connectivity index (χ0n) is 11.4. The van der Waals surface area contributed by atoms with Crippen molar-refractivity contribution in [3.63, 3.8) is 0 Å². The molecule has 0 spiro atoms. The first-order valence-corrected chi connectivity index (χ1v) is 9.11. The molecule has 2 rings (SSSR count). The molecule has 0 aromatic carbocycles. The molecule has 0 aliphatic carbocycles. The van der Waals surface area contributed by atoms with Crippen LogP contribution in [0.3, 0.4) is 0 Å². The molecule has 1 aliphatic rings. The van der Waals surface area contributed by atoms with Crippen LogP contribution in [-0.4, -0.2) is 39.7 Å². The number of nitrogens with one attached hydrogen (secondary N) is 1. The molecule has 1 fully saturated rings. The van der Waals surface area contributed by atoms with E-state index < -0.39 is 22.0 Å². The summed E-state index contributed by atoms with van der Waals surface area (Å²) in [5.74, 6) is -0.711. The number of hydrogen-bond acceptors (Lipinski definition) is 6. The zero-order chi connectivity index (χ0) is 15.5. The number of ether oxygens (including phenoxy) is 2. The number of thiophene rings is 1. The van der Waals surface area contributed by atoms with Crippen LogP contribution in [0, 0.1) is 0 Å². The van der Waals surface area contributed by atoms with E-state index in [-0.39, 0.29) is 16.9 Å². The molecule has 9 heteroatoms. The predicted molar refractivity (Wildman–Crippen MR) is 79.0 cm³/mol. The van der Waals surface area contributed by atoms with Gasteiger partial charge in [0.2, 0.25) is 0 Å². The smallest absolute Gasteiger partial charge is 0.273 e. The quantitative estimate of drug-likeness (QED) is 0.843. The van der Waals surface area contributed by atoms with Gasteiger partial charge in [0.15, 0.2) is 0 Å². The maximum Gasteiger partial charge on any atom is 0.273 e. The number of carbonyl (C=O) groups excluding carboxylic acids is 1. The number of rotatable bonds is 6. The Balaban J connectivity index is 1.87. The fraction of sp³-hybridized carbons (Fsp3) is 0.583. The number of halogens is 1. The monoisotopic (exact) mass is 353 g/mol. The summed E-state index contributed by atoms with van der Waals surface area (Å²) in [5.41, 5.74) is 0. The SMILES string of the molecule is C[C@H](OC[C@@H]1CCCO1)C(=O)NS(=O)(=O)c1ccc(Cl)s1. The molecular formula is C12H16ClNO5S2. The van der Waals surface area contributed by atoms with Gasteiger partial charge in [0, 0.05) is 6.61 Å². The molecule has 21 heavy (non-hydrogen) atoms. The molecule has 1 aromatic rings. The van der Waals surface area contributed by atoms with E-state index in [4.69, 9.17) is 21.1 Å². The normalized spacial score (nSPS) is 20.4. The van der Waals surface area contributed by atoms with Crippen LogP contribution in [0.1, 0.15) is 19.8 Å². The average molecular weight is 354 g/mol. The predicted octanol–water partition coefficient (Wildman–Crippen LogP) is 1.79. The molecule has 118 valence electrons. The average Bonchev–Trinajstić information content (AvgIpc) is 3.06. The Bertz CT molecular complexity index is 595. The summed E-state index contributed by atoms with van der Waals surface area (Å²) in [6, 6.07) is 2.81. The van der Waals surface area contributed by atoms with Crippen LogP contribution in [0.5, 0.6) is 0 Å². The van der Waals surface area contributed by atoms with Crippen molar-refractivity contribution >= 4 is 38.9 Å². The number of hydrogen-bond donors (Lipinski definition) is 1. The summed E-state index contributed by atoms with van der Waals surface area (Å²) in [6.07, 6.45) is 0.968. The van der Waals surface area contributed by atoms with Crippen molar-refractivity contribution in [1.29, 1.82) is 0 Å². The second-order valence-corrected chi connectivity index (χ2v) is 8.26. The van der Waals surface area contributed by atoms with Gasteiger partial charge in [-0.1, -0.05) is 11.6 Å². The Labute approximate surface area is 132 Å². The Kier molecular flexibility index (Phi) is 5.61. The molecule has 0 radical (unpaired) electrons. The Morgan fingerprint density at radius 2 is 2.38 bits per heavy atom. The molecule has 2 heterocycles. The molecule has 0 saturated carbocycles. The number of amides is 1. The van der Waals surface area contributed by atoms with E-state index >= 15 is 0 Å². The highest BCUT2D eigenvalue weighted by Gasteiger charge is 2.25. The Morgan fingerprint density at radius 3 is 2.95 bits per heavy atom. The van der Waals surface area contributed by atoms with E-state index in [0.717, 1.165) is 24.2 Å². The highest BCUT2D eigenvalue weighted by atomic mass is 35.5. The molecule has 6 nitrogen and oxygen atoms in total. The van der Waals surface area contributed by atoms with Gasteiger partial charge in [0.05, 0.1) is 17.0 Å². The van der Waals surface area contributed by atoms with E-state index in [2.05, 4.69) is 0 Å². The van der Waals surface area contributed by atoms with Crippen molar-refractivity contribution in [1.82, 2.24) is 4.72 Å². The third-order valence-corrected chi connectivity index (χ3v) is 6.04. The summed E-state index contributed by atoms with van der Waals surface area (Å²) in [5, 5.41) is 0. The van der Waals surface area contributed by atoms with Crippen LogP contribution in [0.15, 0.2) is 16.3 Å². The minimum absolute atomic E-state index is 0.00724. The molecule has 1 aromatic heterocycles. The van der Waals surface area contributed by atoms with Gasteiger partial charge in [-0.05, 0) is 31.9 Å². The van der Waals surface area contributed by atoms with Crippen LogP contribution in [0.2, 0.25) is 4.34 Å². The highest BCUT2D eigenvalue weighted by Crippen LogP contribution is 2.25. The van der Waals surface area contributed by atoms with Crippen LogP contribution in [0.4, 0.5) is 0 Å². The van der Waals surface area contributed by atoms with Crippen molar-refractivity contribution in [2.75, 3.05) is 13.2 Å². The lowest BCUT2D eigenvalue weighted by atomic mass is 10.2. The summed E-state index contributed by atoms with van der Waals surface area (Å²) in [7, 11) is -3.90. The number of carbonyl (C=O) groups is 1. The van der Waals surface area contributed by atoms with Crippen LogP contribution < -0.4 is 4.72 Å². The fourth-order valence-electron chi connectivity index (χ4n) is 1.81. The standard InChI is InChI=1S/C12H16ClNO5S2/c1-8(19-7-9-3-2-6-18-9)12(15)14-21(16,17)11-5-4-10(13)20-11/h4-5,8-9H,2-3,6-7H2,1H3,(H,14,15)/t8-,9-/m0/s1. The summed E-state index contributed by atoms with van der Waals surface area (Å²) < 4.78 is 37.0. The maximum absolute atomic E-state index is 12.0. The minimum atomic E-state index is -3.90. The molecule has 1 N–H and O–H groups in total. The molecule has 0 bridgehead atoms. The van der Waals surface area contributed by atoms with Gasteiger partial charge in [0.1, 0.15) is 10.3 Å². The van der Waals surface area contributed by atoms with Gasteiger partial charge in [-0.3, -0.25) is 4.79 Å². The van der Waals surface area contributed by atoms with Gasteiger partial charge < -0.3 is 9.47 Å².